The van der Waals surface area contributed by atoms with Crippen molar-refractivity contribution in [3.63, 3.8) is 0 Å². The van der Waals surface area contributed by atoms with Gasteiger partial charge in [0, 0.05) is 16.9 Å². The van der Waals surface area contributed by atoms with Crippen molar-refractivity contribution in [3.05, 3.63) is 52.6 Å². The number of benzene rings is 2. The van der Waals surface area contributed by atoms with E-state index in [0.717, 1.165) is 27.4 Å². The highest BCUT2D eigenvalue weighted by molar-refractivity contribution is 9.10. The summed E-state index contributed by atoms with van der Waals surface area (Å²) in [5.41, 5.74) is 0. The summed E-state index contributed by atoms with van der Waals surface area (Å²) < 4.78 is 12.0. The Hall–Kier alpha value is -1.92. The maximum Gasteiger partial charge on any atom is 0.264 e. The molecule has 6 heteroatoms. The van der Waals surface area contributed by atoms with Crippen molar-refractivity contribution in [2.45, 2.75) is 26.0 Å². The van der Waals surface area contributed by atoms with E-state index in [1.165, 1.54) is 0 Å². The minimum atomic E-state index is 0.267. The molecule has 1 unspecified atom stereocenters. The number of rotatable bonds is 6. The van der Waals surface area contributed by atoms with E-state index in [1.807, 2.05) is 31.3 Å². The van der Waals surface area contributed by atoms with E-state index < -0.39 is 0 Å². The summed E-state index contributed by atoms with van der Waals surface area (Å²) in [6.45, 7) is 2.34. The molecule has 120 valence electrons. The molecule has 23 heavy (non-hydrogen) atoms. The lowest BCUT2D eigenvalue weighted by Crippen LogP contribution is -2.24. The first kappa shape index (κ1) is 16.0. The Morgan fingerprint density at radius 3 is 2.83 bits per heavy atom. The van der Waals surface area contributed by atoms with Crippen LogP contribution in [-0.4, -0.2) is 23.2 Å². The van der Waals surface area contributed by atoms with Crippen molar-refractivity contribution >= 4 is 26.7 Å². The van der Waals surface area contributed by atoms with E-state index >= 15 is 0 Å². The second-order valence-electron chi connectivity index (χ2n) is 5.44. The topological polar surface area (TPSA) is 60.2 Å². The molecule has 1 heterocycles. The average Bonchev–Trinajstić information content (AvgIpc) is 3.00. The lowest BCUT2D eigenvalue weighted by atomic mass is 10.1. The zero-order valence-electron chi connectivity index (χ0n) is 13.0. The van der Waals surface area contributed by atoms with Crippen molar-refractivity contribution in [1.82, 2.24) is 15.5 Å². The van der Waals surface area contributed by atoms with Crippen LogP contribution in [0.4, 0.5) is 0 Å². The standard InChI is InChI=1S/C17H18BrN3O2/c1-11(19-2)7-16-20-17(23-21-16)10-22-15-6-4-12-8-14(18)5-3-13(12)9-15/h3-6,8-9,11,19H,7,10H2,1-2H3. The summed E-state index contributed by atoms with van der Waals surface area (Å²) in [5, 5.41) is 9.39. The predicted molar refractivity (Wildman–Crippen MR) is 92.5 cm³/mol. The van der Waals surface area contributed by atoms with Crippen LogP contribution in [0.5, 0.6) is 5.75 Å². The Morgan fingerprint density at radius 1 is 1.22 bits per heavy atom. The molecule has 0 amide bonds. The van der Waals surface area contributed by atoms with E-state index in [-0.39, 0.29) is 6.61 Å². The first-order chi connectivity index (χ1) is 11.1. The molecule has 1 atom stereocenters. The minimum Gasteiger partial charge on any atom is -0.484 e. The van der Waals surface area contributed by atoms with Gasteiger partial charge in [-0.3, -0.25) is 0 Å². The second-order valence-corrected chi connectivity index (χ2v) is 6.36. The normalized spacial score (nSPS) is 12.5. The van der Waals surface area contributed by atoms with Gasteiger partial charge in [-0.25, -0.2) is 0 Å². The largest absolute Gasteiger partial charge is 0.484 e. The summed E-state index contributed by atoms with van der Waals surface area (Å²) in [6, 6.07) is 12.4. The Morgan fingerprint density at radius 2 is 2.00 bits per heavy atom. The van der Waals surface area contributed by atoms with E-state index in [2.05, 4.69) is 50.4 Å². The molecule has 0 aliphatic rings. The van der Waals surface area contributed by atoms with Crippen LogP contribution in [0.15, 0.2) is 45.4 Å². The molecule has 1 aromatic heterocycles. The van der Waals surface area contributed by atoms with Crippen LogP contribution in [-0.2, 0) is 13.0 Å². The lowest BCUT2D eigenvalue weighted by Gasteiger charge is -2.05. The van der Waals surface area contributed by atoms with Crippen LogP contribution >= 0.6 is 15.9 Å². The fourth-order valence-corrected chi connectivity index (χ4v) is 2.62. The van der Waals surface area contributed by atoms with Gasteiger partial charge in [0.25, 0.3) is 5.89 Å². The third kappa shape index (κ3) is 4.09. The Balaban J connectivity index is 1.65. The zero-order chi connectivity index (χ0) is 16.2. The lowest BCUT2D eigenvalue weighted by molar-refractivity contribution is 0.242. The Labute approximate surface area is 143 Å². The van der Waals surface area contributed by atoms with Gasteiger partial charge >= 0.3 is 0 Å². The fourth-order valence-electron chi connectivity index (χ4n) is 2.24. The average molecular weight is 376 g/mol. The number of likely N-dealkylation sites (N-methyl/N-ethyl adjacent to an activating group) is 1. The van der Waals surface area contributed by atoms with Gasteiger partial charge in [0.2, 0.25) is 0 Å². The number of hydrogen-bond donors (Lipinski definition) is 1. The fraction of sp³-hybridized carbons (Fsp3) is 0.294. The third-order valence-corrected chi connectivity index (χ3v) is 4.12. The number of aromatic nitrogens is 2. The monoisotopic (exact) mass is 375 g/mol. The summed E-state index contributed by atoms with van der Waals surface area (Å²) in [6.07, 6.45) is 0.727. The molecule has 0 aliphatic carbocycles. The molecule has 1 N–H and O–H groups in total. The number of fused-ring (bicyclic) bond motifs is 1. The number of halogens is 1. The van der Waals surface area contributed by atoms with Crippen LogP contribution in [0.2, 0.25) is 0 Å². The highest BCUT2D eigenvalue weighted by atomic mass is 79.9. The van der Waals surface area contributed by atoms with Gasteiger partial charge < -0.3 is 14.6 Å². The molecule has 0 saturated carbocycles. The molecular weight excluding hydrogens is 358 g/mol. The van der Waals surface area contributed by atoms with Crippen LogP contribution in [0.25, 0.3) is 10.8 Å². The van der Waals surface area contributed by atoms with Crippen molar-refractivity contribution in [2.24, 2.45) is 0 Å². The smallest absolute Gasteiger partial charge is 0.264 e. The van der Waals surface area contributed by atoms with Crippen molar-refractivity contribution < 1.29 is 9.26 Å². The molecule has 0 spiro atoms. The van der Waals surface area contributed by atoms with E-state index in [0.29, 0.717) is 17.8 Å². The van der Waals surface area contributed by atoms with Gasteiger partial charge in [-0.2, -0.15) is 4.98 Å². The van der Waals surface area contributed by atoms with Gasteiger partial charge in [-0.05, 0) is 49.0 Å². The zero-order valence-corrected chi connectivity index (χ0v) is 14.6. The first-order valence-corrected chi connectivity index (χ1v) is 8.24. The van der Waals surface area contributed by atoms with E-state index in [9.17, 15) is 0 Å². The van der Waals surface area contributed by atoms with Crippen molar-refractivity contribution in [2.75, 3.05) is 7.05 Å². The molecule has 3 aromatic rings. The minimum absolute atomic E-state index is 0.267. The van der Waals surface area contributed by atoms with Gasteiger partial charge in [-0.15, -0.1) is 0 Å². The van der Waals surface area contributed by atoms with Crippen molar-refractivity contribution in [1.29, 1.82) is 0 Å². The summed E-state index contributed by atoms with van der Waals surface area (Å²) in [5.74, 6) is 1.95. The molecule has 5 nitrogen and oxygen atoms in total. The first-order valence-electron chi connectivity index (χ1n) is 7.45. The highest BCUT2D eigenvalue weighted by Crippen LogP contribution is 2.24. The SMILES string of the molecule is CNC(C)Cc1noc(COc2ccc3cc(Br)ccc3c2)n1. The molecule has 0 bridgehead atoms. The highest BCUT2D eigenvalue weighted by Gasteiger charge is 2.10. The Kier molecular flexibility index (Phi) is 4.93. The molecule has 0 saturated heterocycles. The van der Waals surface area contributed by atoms with Crippen LogP contribution < -0.4 is 10.1 Å². The number of nitrogens with zero attached hydrogens (tertiary/aromatic N) is 2. The van der Waals surface area contributed by atoms with E-state index in [4.69, 9.17) is 9.26 Å². The van der Waals surface area contributed by atoms with Gasteiger partial charge in [0.05, 0.1) is 0 Å². The van der Waals surface area contributed by atoms with Gasteiger partial charge in [0.15, 0.2) is 12.4 Å². The summed E-state index contributed by atoms with van der Waals surface area (Å²) in [4.78, 5) is 4.34. The quantitative estimate of drug-likeness (QED) is 0.711. The maximum absolute atomic E-state index is 5.75. The Bertz CT molecular complexity index is 803. The van der Waals surface area contributed by atoms with Crippen LogP contribution in [0, 0.1) is 0 Å². The van der Waals surface area contributed by atoms with Gasteiger partial charge in [-0.1, -0.05) is 33.2 Å². The molecular formula is C17H18BrN3O2. The van der Waals surface area contributed by atoms with E-state index in [1.54, 1.807) is 0 Å². The molecule has 0 aliphatic heterocycles. The molecule has 2 aromatic carbocycles. The molecule has 0 radical (unpaired) electrons. The number of nitrogens with one attached hydrogen (secondary N) is 1. The predicted octanol–water partition coefficient (Wildman–Crippen LogP) is 3.71. The maximum atomic E-state index is 5.75. The molecule has 3 rings (SSSR count). The number of ether oxygens (including phenoxy) is 1. The summed E-state index contributed by atoms with van der Waals surface area (Å²) >= 11 is 3.47. The van der Waals surface area contributed by atoms with Crippen molar-refractivity contribution in [3.8, 4) is 5.75 Å². The third-order valence-electron chi connectivity index (χ3n) is 3.63. The van der Waals surface area contributed by atoms with Crippen LogP contribution in [0.1, 0.15) is 18.6 Å². The summed E-state index contributed by atoms with van der Waals surface area (Å²) in [7, 11) is 1.91. The van der Waals surface area contributed by atoms with Crippen LogP contribution in [0.3, 0.4) is 0 Å². The second kappa shape index (κ2) is 7.10. The van der Waals surface area contributed by atoms with Gasteiger partial charge in [0.1, 0.15) is 5.75 Å². The molecule has 0 fully saturated rings. The number of hydrogen-bond acceptors (Lipinski definition) is 5.